The first-order valence-corrected chi connectivity index (χ1v) is 3.67. The lowest BCUT2D eigenvalue weighted by molar-refractivity contribution is 0.694. The summed E-state index contributed by atoms with van der Waals surface area (Å²) in [5, 5.41) is 0.571. The van der Waals surface area contributed by atoms with Crippen LogP contribution < -0.4 is 0 Å². The molecule has 0 aromatic rings. The predicted molar refractivity (Wildman–Crippen MR) is 38.8 cm³/mol. The highest BCUT2D eigenvalue weighted by Gasteiger charge is 2.04. The molecule has 0 saturated carbocycles. The van der Waals surface area contributed by atoms with Crippen molar-refractivity contribution in [1.29, 1.82) is 0 Å². The summed E-state index contributed by atoms with van der Waals surface area (Å²) in [6.07, 6.45) is 3.16. The molecular formula is C6H14Si. The Labute approximate surface area is 49.0 Å². The van der Waals surface area contributed by atoms with E-state index in [1.165, 1.54) is 16.7 Å². The molecule has 0 nitrogen and oxygen atoms in total. The van der Waals surface area contributed by atoms with Crippen LogP contribution in [0.1, 0.15) is 20.3 Å². The summed E-state index contributed by atoms with van der Waals surface area (Å²) in [6, 6.07) is 0. The molecule has 0 aromatic carbocycles. The largest absolute Gasteiger partial charge is 0.103 e. The zero-order valence-electron chi connectivity index (χ0n) is 5.49. The van der Waals surface area contributed by atoms with Gasteiger partial charge in [0.25, 0.3) is 0 Å². The standard InChI is InChI=1S/C6H14Si/c1-4-5-6(2,3)7/h4H,1,5H2,2-3,7H3. The summed E-state index contributed by atoms with van der Waals surface area (Å²) in [5.41, 5.74) is 0. The molecule has 0 saturated heterocycles. The summed E-state index contributed by atoms with van der Waals surface area (Å²) in [4.78, 5) is 0. The van der Waals surface area contributed by atoms with Crippen LogP contribution in [-0.2, 0) is 0 Å². The molecule has 7 heavy (non-hydrogen) atoms. The van der Waals surface area contributed by atoms with Gasteiger partial charge in [-0.05, 0) is 11.5 Å². The van der Waals surface area contributed by atoms with Gasteiger partial charge in [-0.3, -0.25) is 0 Å². The van der Waals surface area contributed by atoms with E-state index in [9.17, 15) is 0 Å². The highest BCUT2D eigenvalue weighted by Crippen LogP contribution is 2.22. The van der Waals surface area contributed by atoms with Gasteiger partial charge in [0.1, 0.15) is 0 Å². The molecule has 0 aromatic heterocycles. The van der Waals surface area contributed by atoms with Crippen LogP contribution in [-0.4, -0.2) is 10.2 Å². The van der Waals surface area contributed by atoms with Crippen LogP contribution in [0.15, 0.2) is 12.7 Å². The van der Waals surface area contributed by atoms with Crippen molar-refractivity contribution in [2.45, 2.75) is 25.3 Å². The van der Waals surface area contributed by atoms with Crippen LogP contribution in [0.25, 0.3) is 0 Å². The number of hydrogen-bond donors (Lipinski definition) is 0. The zero-order chi connectivity index (χ0) is 5.91. The summed E-state index contributed by atoms with van der Waals surface area (Å²) in [6.45, 7) is 8.20. The average Bonchev–Trinajstić information content (AvgIpc) is 1.30. The van der Waals surface area contributed by atoms with E-state index in [1.807, 2.05) is 6.08 Å². The molecule has 0 bridgehead atoms. The molecule has 0 aliphatic heterocycles. The Kier molecular flexibility index (Phi) is 2.30. The first-order chi connectivity index (χ1) is 3.06. The maximum atomic E-state index is 3.67. The quantitative estimate of drug-likeness (QED) is 0.373. The third-order valence-corrected chi connectivity index (χ3v) is 1.16. The van der Waals surface area contributed by atoms with Gasteiger partial charge in [-0.15, -0.1) is 6.58 Å². The Balaban J connectivity index is 3.34. The van der Waals surface area contributed by atoms with E-state index in [4.69, 9.17) is 0 Å². The van der Waals surface area contributed by atoms with Crippen molar-refractivity contribution in [1.82, 2.24) is 0 Å². The van der Waals surface area contributed by atoms with Gasteiger partial charge in [0.15, 0.2) is 0 Å². The van der Waals surface area contributed by atoms with Gasteiger partial charge in [0.05, 0.1) is 0 Å². The molecule has 0 aliphatic rings. The second-order valence-electron chi connectivity index (χ2n) is 3.05. The summed E-state index contributed by atoms with van der Waals surface area (Å²) in [5.74, 6) is 0. The zero-order valence-corrected chi connectivity index (χ0v) is 7.49. The van der Waals surface area contributed by atoms with E-state index in [0.717, 1.165) is 0 Å². The second kappa shape index (κ2) is 2.31. The van der Waals surface area contributed by atoms with E-state index < -0.39 is 0 Å². The minimum absolute atomic E-state index is 0.571. The van der Waals surface area contributed by atoms with E-state index in [1.54, 1.807) is 0 Å². The molecular weight excluding hydrogens is 100 g/mol. The van der Waals surface area contributed by atoms with Crippen molar-refractivity contribution in [3.05, 3.63) is 12.7 Å². The first-order valence-electron chi connectivity index (χ1n) is 2.67. The van der Waals surface area contributed by atoms with Crippen LogP contribution >= 0.6 is 0 Å². The average molecular weight is 114 g/mol. The fraction of sp³-hybridized carbons (Fsp3) is 0.667. The lowest BCUT2D eigenvalue weighted by atomic mass is 10.1. The van der Waals surface area contributed by atoms with Gasteiger partial charge < -0.3 is 0 Å². The van der Waals surface area contributed by atoms with Gasteiger partial charge in [0.2, 0.25) is 0 Å². The minimum Gasteiger partial charge on any atom is -0.103 e. The van der Waals surface area contributed by atoms with Crippen molar-refractivity contribution >= 4 is 10.2 Å². The summed E-state index contributed by atoms with van der Waals surface area (Å²) < 4.78 is 0. The van der Waals surface area contributed by atoms with Gasteiger partial charge in [-0.2, -0.15) is 0 Å². The maximum Gasteiger partial charge on any atom is 0.0103 e. The second-order valence-corrected chi connectivity index (χ2v) is 5.76. The molecule has 0 N–H and O–H groups in total. The minimum atomic E-state index is 0.571. The number of rotatable bonds is 2. The Morgan fingerprint density at radius 3 is 2.14 bits per heavy atom. The smallest absolute Gasteiger partial charge is 0.0103 e. The lowest BCUT2D eigenvalue weighted by Gasteiger charge is -2.13. The van der Waals surface area contributed by atoms with E-state index in [2.05, 4.69) is 20.4 Å². The molecule has 1 heteroatoms. The molecule has 0 radical (unpaired) electrons. The van der Waals surface area contributed by atoms with Crippen LogP contribution in [0.5, 0.6) is 0 Å². The molecule has 0 spiro atoms. The topological polar surface area (TPSA) is 0 Å². The Hall–Kier alpha value is -0.0431. The SMILES string of the molecule is C=CCC(C)(C)[SiH3]. The number of hydrogen-bond acceptors (Lipinski definition) is 0. The van der Waals surface area contributed by atoms with Gasteiger partial charge in [-0.1, -0.05) is 19.9 Å². The molecule has 0 aliphatic carbocycles. The summed E-state index contributed by atoms with van der Waals surface area (Å²) >= 11 is 0. The van der Waals surface area contributed by atoms with Gasteiger partial charge >= 0.3 is 0 Å². The van der Waals surface area contributed by atoms with Crippen LogP contribution in [0.2, 0.25) is 5.04 Å². The number of allylic oxidation sites excluding steroid dienone is 1. The van der Waals surface area contributed by atoms with Crippen molar-refractivity contribution in [2.24, 2.45) is 0 Å². The Morgan fingerprint density at radius 2 is 2.14 bits per heavy atom. The van der Waals surface area contributed by atoms with Crippen molar-refractivity contribution in [3.8, 4) is 0 Å². The van der Waals surface area contributed by atoms with E-state index >= 15 is 0 Å². The normalized spacial score (nSPS) is 11.7. The highest BCUT2D eigenvalue weighted by atomic mass is 28.1. The van der Waals surface area contributed by atoms with E-state index in [0.29, 0.717) is 5.04 Å². The Morgan fingerprint density at radius 1 is 1.71 bits per heavy atom. The van der Waals surface area contributed by atoms with Crippen molar-refractivity contribution < 1.29 is 0 Å². The molecule has 0 unspecified atom stereocenters. The van der Waals surface area contributed by atoms with Crippen molar-refractivity contribution in [3.63, 3.8) is 0 Å². The molecule has 0 fully saturated rings. The monoisotopic (exact) mass is 114 g/mol. The maximum absolute atomic E-state index is 3.67. The van der Waals surface area contributed by atoms with Crippen LogP contribution in [0.4, 0.5) is 0 Å². The molecule has 42 valence electrons. The predicted octanol–water partition coefficient (Wildman–Crippen LogP) is 1.13. The van der Waals surface area contributed by atoms with E-state index in [-0.39, 0.29) is 0 Å². The van der Waals surface area contributed by atoms with Crippen LogP contribution in [0.3, 0.4) is 0 Å². The highest BCUT2D eigenvalue weighted by molar-refractivity contribution is 6.14. The molecule has 0 atom stereocenters. The fourth-order valence-corrected chi connectivity index (χ4v) is 0.722. The summed E-state index contributed by atoms with van der Waals surface area (Å²) in [7, 11) is 1.27. The Bertz CT molecular complexity index is 59.1. The fourth-order valence-electron chi connectivity index (χ4n) is 0.433. The first kappa shape index (κ1) is 6.96. The lowest BCUT2D eigenvalue weighted by Crippen LogP contribution is -1.98. The molecule has 0 rings (SSSR count). The molecule has 0 amide bonds. The molecule has 0 heterocycles. The van der Waals surface area contributed by atoms with Gasteiger partial charge in [-0.25, -0.2) is 0 Å². The van der Waals surface area contributed by atoms with Crippen molar-refractivity contribution in [2.75, 3.05) is 0 Å². The third kappa shape index (κ3) is 5.96. The third-order valence-electron chi connectivity index (χ3n) is 0.757. The van der Waals surface area contributed by atoms with Gasteiger partial charge in [0, 0.05) is 10.2 Å². The van der Waals surface area contributed by atoms with Crippen LogP contribution in [0, 0.1) is 0 Å².